The van der Waals surface area contributed by atoms with Gasteiger partial charge in [-0.1, -0.05) is 12.1 Å². The van der Waals surface area contributed by atoms with Gasteiger partial charge in [-0.25, -0.2) is 13.9 Å². The van der Waals surface area contributed by atoms with Crippen molar-refractivity contribution in [2.45, 2.75) is 13.1 Å². The number of nitrogens with one attached hydrogen (secondary N) is 1. The maximum absolute atomic E-state index is 13.8. The van der Waals surface area contributed by atoms with E-state index in [1.54, 1.807) is 6.07 Å². The lowest BCUT2D eigenvalue weighted by Crippen LogP contribution is -2.40. The van der Waals surface area contributed by atoms with Crippen LogP contribution in [-0.2, 0) is 9.59 Å². The summed E-state index contributed by atoms with van der Waals surface area (Å²) in [7, 11) is 1.29. The summed E-state index contributed by atoms with van der Waals surface area (Å²) in [5, 5.41) is 16.5. The number of hydrogen-bond donors (Lipinski definition) is 3. The Bertz CT molecular complexity index is 1140. The second kappa shape index (κ2) is 7.58. The quantitative estimate of drug-likeness (QED) is 0.576. The summed E-state index contributed by atoms with van der Waals surface area (Å²) >= 11 is 0. The third-order valence-electron chi connectivity index (χ3n) is 4.21. The predicted molar refractivity (Wildman–Crippen MR) is 101 cm³/mol. The van der Waals surface area contributed by atoms with E-state index in [0.717, 1.165) is 4.68 Å². The fraction of sp³-hybridized carbons (Fsp3) is 0.158. The first-order chi connectivity index (χ1) is 13.7. The molecule has 150 valence electrons. The summed E-state index contributed by atoms with van der Waals surface area (Å²) in [6.45, 7) is 1.21. The molecule has 0 fully saturated rings. The zero-order chi connectivity index (χ0) is 21.3. The van der Waals surface area contributed by atoms with E-state index in [-0.39, 0.29) is 27.9 Å². The fourth-order valence-corrected chi connectivity index (χ4v) is 3.06. The minimum absolute atomic E-state index is 0.0217. The largest absolute Gasteiger partial charge is 0.495 e. The van der Waals surface area contributed by atoms with Gasteiger partial charge >= 0.3 is 5.97 Å². The number of carbonyl (C=O) groups is 3. The molecule has 3 rings (SSSR count). The molecule has 2 aromatic carbocycles. The highest BCUT2D eigenvalue weighted by atomic mass is 19.1. The van der Waals surface area contributed by atoms with Gasteiger partial charge in [0.05, 0.1) is 18.0 Å². The van der Waals surface area contributed by atoms with Gasteiger partial charge in [0.25, 0.3) is 5.91 Å². The van der Waals surface area contributed by atoms with Gasteiger partial charge in [-0.05, 0) is 24.3 Å². The van der Waals surface area contributed by atoms with Crippen molar-refractivity contribution in [2.75, 3.05) is 7.11 Å². The number of carboxylic acids is 1. The van der Waals surface area contributed by atoms with Crippen LogP contribution in [0, 0.1) is 5.82 Å². The van der Waals surface area contributed by atoms with E-state index in [0.29, 0.717) is 5.56 Å². The Labute approximate surface area is 163 Å². The molecule has 0 spiro atoms. The highest BCUT2D eigenvalue weighted by Gasteiger charge is 2.28. The van der Waals surface area contributed by atoms with Gasteiger partial charge in [0.15, 0.2) is 0 Å². The first-order valence-corrected chi connectivity index (χ1v) is 8.39. The van der Waals surface area contributed by atoms with Crippen molar-refractivity contribution < 1.29 is 28.6 Å². The number of nitrogens with two attached hydrogens (primary N) is 1. The number of aromatic carboxylic acids is 1. The van der Waals surface area contributed by atoms with Crippen molar-refractivity contribution in [1.82, 2.24) is 15.1 Å². The van der Waals surface area contributed by atoms with Crippen LogP contribution in [0.25, 0.3) is 22.2 Å². The fourth-order valence-electron chi connectivity index (χ4n) is 3.06. The molecular weight excluding hydrogens is 383 g/mol. The Morgan fingerprint density at radius 3 is 2.55 bits per heavy atom. The molecule has 4 N–H and O–H groups in total. The van der Waals surface area contributed by atoms with Crippen LogP contribution >= 0.6 is 0 Å². The smallest absolute Gasteiger partial charge is 0.339 e. The van der Waals surface area contributed by atoms with E-state index in [2.05, 4.69) is 10.4 Å². The van der Waals surface area contributed by atoms with Crippen molar-refractivity contribution in [1.29, 1.82) is 0 Å². The lowest BCUT2D eigenvalue weighted by Gasteiger charge is -2.16. The minimum atomic E-state index is -1.35. The molecule has 0 saturated carbocycles. The highest BCUT2D eigenvalue weighted by Crippen LogP contribution is 2.38. The molecule has 0 aliphatic rings. The summed E-state index contributed by atoms with van der Waals surface area (Å²) in [5.41, 5.74) is 6.03. The van der Waals surface area contributed by atoms with Crippen LogP contribution in [-0.4, -0.2) is 39.8 Å². The Morgan fingerprint density at radius 1 is 1.28 bits per heavy atom. The van der Waals surface area contributed by atoms with E-state index in [1.807, 2.05) is 0 Å². The monoisotopic (exact) mass is 400 g/mol. The van der Waals surface area contributed by atoms with Crippen LogP contribution in [0.4, 0.5) is 4.39 Å². The number of nitrogens with zero attached hydrogens (tertiary/aromatic N) is 2. The average molecular weight is 400 g/mol. The van der Waals surface area contributed by atoms with Gasteiger partial charge in [0.2, 0.25) is 12.1 Å². The second-order valence-corrected chi connectivity index (χ2v) is 6.15. The second-order valence-electron chi connectivity index (χ2n) is 6.15. The van der Waals surface area contributed by atoms with E-state index in [4.69, 9.17) is 10.5 Å². The first kappa shape index (κ1) is 19.8. The lowest BCUT2D eigenvalue weighted by molar-refractivity contribution is -0.128. The molecule has 0 aliphatic heterocycles. The summed E-state index contributed by atoms with van der Waals surface area (Å²) in [4.78, 5) is 35.1. The molecule has 1 heterocycles. The first-order valence-electron chi connectivity index (χ1n) is 8.39. The Morgan fingerprint density at radius 2 is 2.00 bits per heavy atom. The lowest BCUT2D eigenvalue weighted by atomic mass is 10.0. The number of primary amides is 1. The Hall–Kier alpha value is -3.95. The van der Waals surface area contributed by atoms with Crippen molar-refractivity contribution in [3.05, 3.63) is 47.8 Å². The summed E-state index contributed by atoms with van der Waals surface area (Å²) in [6, 6.07) is 8.17. The minimum Gasteiger partial charge on any atom is -0.495 e. The molecule has 29 heavy (non-hydrogen) atoms. The zero-order valence-corrected chi connectivity index (χ0v) is 15.5. The molecule has 9 nitrogen and oxygen atoms in total. The summed E-state index contributed by atoms with van der Waals surface area (Å²) in [6.07, 6.45) is -1.35. The normalized spacial score (nSPS) is 11.8. The maximum Gasteiger partial charge on any atom is 0.339 e. The van der Waals surface area contributed by atoms with Crippen molar-refractivity contribution in [3.8, 4) is 17.0 Å². The van der Waals surface area contributed by atoms with Crippen LogP contribution < -0.4 is 15.8 Å². The molecule has 2 amide bonds. The SMILES string of the molecule is COc1c(C(=O)O)ccc2c1c(-c1cccc(F)c1)nn2C(NC(C)=O)C(N)=O. The number of rotatable bonds is 6. The maximum atomic E-state index is 13.8. The van der Waals surface area contributed by atoms with Gasteiger partial charge in [-0.15, -0.1) is 0 Å². The molecule has 1 atom stereocenters. The highest BCUT2D eigenvalue weighted by molar-refractivity contribution is 6.05. The number of benzene rings is 2. The van der Waals surface area contributed by atoms with Crippen molar-refractivity contribution in [2.24, 2.45) is 5.73 Å². The van der Waals surface area contributed by atoms with Crippen molar-refractivity contribution >= 4 is 28.7 Å². The number of carbonyl (C=O) groups excluding carboxylic acids is 2. The number of hydrogen-bond acceptors (Lipinski definition) is 5. The summed E-state index contributed by atoms with van der Waals surface area (Å²) < 4.78 is 20.3. The van der Waals surface area contributed by atoms with Crippen LogP contribution in [0.15, 0.2) is 36.4 Å². The van der Waals surface area contributed by atoms with Gasteiger partial charge < -0.3 is 20.9 Å². The number of aromatic nitrogens is 2. The molecule has 0 aliphatic carbocycles. The number of amides is 2. The van der Waals surface area contributed by atoms with Crippen LogP contribution in [0.2, 0.25) is 0 Å². The number of ether oxygens (including phenoxy) is 1. The zero-order valence-electron chi connectivity index (χ0n) is 15.5. The van der Waals surface area contributed by atoms with Gasteiger partial charge in [-0.2, -0.15) is 5.10 Å². The number of methoxy groups -OCH3 is 1. The van der Waals surface area contributed by atoms with Crippen LogP contribution in [0.3, 0.4) is 0 Å². The third-order valence-corrected chi connectivity index (χ3v) is 4.21. The number of carboxylic acid groups (broad SMARTS) is 1. The standard InChI is InChI=1S/C19H17FN4O5/c1-9(25)22-18(17(21)26)24-13-7-6-12(19(27)28)16(29-2)14(13)15(23-24)10-4-3-5-11(20)8-10/h3-8,18H,1-2H3,(H2,21,26)(H,22,25)(H,27,28). The topological polar surface area (TPSA) is 137 Å². The molecule has 1 aromatic heterocycles. The van der Waals surface area contributed by atoms with Gasteiger partial charge in [-0.3, -0.25) is 9.59 Å². The number of halogens is 1. The van der Waals surface area contributed by atoms with E-state index in [1.165, 1.54) is 44.4 Å². The molecule has 0 saturated heterocycles. The molecule has 0 bridgehead atoms. The third kappa shape index (κ3) is 3.59. The van der Waals surface area contributed by atoms with Crippen LogP contribution in [0.5, 0.6) is 5.75 Å². The average Bonchev–Trinajstić information content (AvgIpc) is 3.04. The van der Waals surface area contributed by atoms with Crippen molar-refractivity contribution in [3.63, 3.8) is 0 Å². The number of fused-ring (bicyclic) bond motifs is 1. The molecule has 10 heteroatoms. The molecule has 0 radical (unpaired) electrons. The molecule has 1 unspecified atom stereocenters. The van der Waals surface area contributed by atoms with E-state index >= 15 is 0 Å². The molecule has 3 aromatic rings. The molecular formula is C19H17FN4O5. The Kier molecular flexibility index (Phi) is 5.18. The van der Waals surface area contributed by atoms with Gasteiger partial charge in [0, 0.05) is 12.5 Å². The van der Waals surface area contributed by atoms with E-state index in [9.17, 15) is 23.9 Å². The Balaban J connectivity index is 2.42. The van der Waals surface area contributed by atoms with E-state index < -0.39 is 29.8 Å². The van der Waals surface area contributed by atoms with Crippen LogP contribution in [0.1, 0.15) is 23.4 Å². The summed E-state index contributed by atoms with van der Waals surface area (Å²) in [5.74, 6) is -3.22. The predicted octanol–water partition coefficient (Wildman–Crippen LogP) is 1.67. The van der Waals surface area contributed by atoms with Gasteiger partial charge in [0.1, 0.15) is 22.8 Å².